The Kier molecular flexibility index (Phi) is 5.01. The van der Waals surface area contributed by atoms with E-state index in [1.165, 1.54) is 0 Å². The van der Waals surface area contributed by atoms with Gasteiger partial charge in [-0.1, -0.05) is 57.2 Å². The second kappa shape index (κ2) is 7.39. The Morgan fingerprint density at radius 2 is 1.83 bits per heavy atom. The number of hydrogen-bond acceptors (Lipinski definition) is 5. The lowest BCUT2D eigenvalue weighted by Crippen LogP contribution is -2.39. The highest BCUT2D eigenvalue weighted by Gasteiger charge is 2.40. The van der Waals surface area contributed by atoms with Crippen molar-refractivity contribution in [3.8, 4) is 0 Å². The number of nitrogens with zero attached hydrogens (tertiary/aromatic N) is 3. The number of carbonyl (C=O) groups is 1. The highest BCUT2D eigenvalue weighted by Crippen LogP contribution is 2.37. The predicted octanol–water partition coefficient (Wildman–Crippen LogP) is 4.39. The first-order chi connectivity index (χ1) is 14.1. The van der Waals surface area contributed by atoms with Gasteiger partial charge in [0.2, 0.25) is 11.9 Å². The summed E-state index contributed by atoms with van der Waals surface area (Å²) in [5.74, 6) is 0.620. The first kappa shape index (κ1) is 20.3. The largest absolute Gasteiger partial charge is 0.454 e. The average molecular weight is 421 g/mol. The fraction of sp³-hybridized carbons (Fsp3) is 0.348. The normalized spacial score (nSPS) is 16.6. The van der Waals surface area contributed by atoms with Gasteiger partial charge < -0.3 is 9.43 Å². The molecule has 1 N–H and O–H groups in total. The lowest BCUT2D eigenvalue weighted by Gasteiger charge is -2.33. The summed E-state index contributed by atoms with van der Waals surface area (Å²) in [5.41, 5.74) is 4.76. The van der Waals surface area contributed by atoms with Crippen LogP contribution in [-0.2, 0) is 15.9 Å². The minimum Gasteiger partial charge on any atom is -0.454 e. The number of fused-ring (bicyclic) bond motifs is 2. The molecule has 7 heteroatoms. The van der Waals surface area contributed by atoms with Gasteiger partial charge >= 0.3 is 0 Å². The molecule has 2 aliphatic rings. The van der Waals surface area contributed by atoms with Crippen LogP contribution >= 0.6 is 0 Å². The maximum Gasteiger partial charge on any atom is 0.286 e. The zero-order valence-corrected chi connectivity index (χ0v) is 19.2. The van der Waals surface area contributed by atoms with Gasteiger partial charge in [-0.3, -0.25) is 10.1 Å². The molecule has 0 aromatic heterocycles. The Morgan fingerprint density at radius 3 is 2.53 bits per heavy atom. The van der Waals surface area contributed by atoms with Gasteiger partial charge in [0.15, 0.2) is 0 Å². The van der Waals surface area contributed by atoms with Crippen molar-refractivity contribution in [3.63, 3.8) is 0 Å². The van der Waals surface area contributed by atoms with Crippen LogP contribution in [0.3, 0.4) is 0 Å². The molecule has 30 heavy (non-hydrogen) atoms. The Bertz CT molecular complexity index is 1040. The molecule has 2 aromatic rings. The highest BCUT2D eigenvalue weighted by atomic mass is 28.4. The fourth-order valence-corrected chi connectivity index (χ4v) is 3.77. The second-order valence-electron chi connectivity index (χ2n) is 9.34. The Balaban J connectivity index is 1.72. The van der Waals surface area contributed by atoms with Crippen molar-refractivity contribution in [2.75, 3.05) is 6.54 Å². The number of carbonyl (C=O) groups excluding carboxylic acids is 1. The molecular weight excluding hydrogens is 392 g/mol. The molecule has 2 heterocycles. The number of nitrogens with one attached hydrogen (secondary N) is 1. The van der Waals surface area contributed by atoms with Gasteiger partial charge in [0.25, 0.3) is 8.32 Å². The molecule has 0 radical (unpaired) electrons. The fourth-order valence-electron chi connectivity index (χ4n) is 3.17. The maximum atomic E-state index is 11.7. The quantitative estimate of drug-likeness (QED) is 0.453. The van der Waals surface area contributed by atoms with E-state index < -0.39 is 8.32 Å². The SMILES string of the molecule is CC(C)(C)[Si](C)(C)O/N=C(\c1ccccc1)c1ccc2c(c1)CN1CC(=O)NC1=N2. The van der Waals surface area contributed by atoms with E-state index in [0.717, 1.165) is 28.1 Å². The summed E-state index contributed by atoms with van der Waals surface area (Å²) in [5, 5.41) is 7.57. The van der Waals surface area contributed by atoms with Crippen LogP contribution in [0.25, 0.3) is 0 Å². The molecule has 0 spiro atoms. The van der Waals surface area contributed by atoms with Crippen molar-refractivity contribution >= 4 is 31.6 Å². The van der Waals surface area contributed by atoms with Gasteiger partial charge in [-0.15, -0.1) is 5.16 Å². The smallest absolute Gasteiger partial charge is 0.286 e. The minimum absolute atomic E-state index is 0.0175. The summed E-state index contributed by atoms with van der Waals surface area (Å²) >= 11 is 0. The van der Waals surface area contributed by atoms with Gasteiger partial charge in [0, 0.05) is 17.7 Å². The number of guanidine groups is 1. The Labute approximate surface area is 178 Å². The van der Waals surface area contributed by atoms with E-state index in [1.807, 2.05) is 47.4 Å². The van der Waals surface area contributed by atoms with E-state index in [9.17, 15) is 4.79 Å². The summed E-state index contributed by atoms with van der Waals surface area (Å²) in [4.78, 5) is 18.3. The Morgan fingerprint density at radius 1 is 1.10 bits per heavy atom. The van der Waals surface area contributed by atoms with Gasteiger partial charge in [0.05, 0.1) is 5.69 Å². The van der Waals surface area contributed by atoms with Crippen molar-refractivity contribution in [3.05, 3.63) is 65.2 Å². The third kappa shape index (κ3) is 3.89. The van der Waals surface area contributed by atoms with Crippen LogP contribution in [0.1, 0.15) is 37.5 Å². The van der Waals surface area contributed by atoms with Crippen LogP contribution in [0.15, 0.2) is 58.7 Å². The lowest BCUT2D eigenvalue weighted by molar-refractivity contribution is -0.118. The van der Waals surface area contributed by atoms with E-state index in [-0.39, 0.29) is 10.9 Å². The van der Waals surface area contributed by atoms with Crippen molar-refractivity contribution in [1.29, 1.82) is 0 Å². The van der Waals surface area contributed by atoms with E-state index in [2.05, 4.69) is 50.2 Å². The average Bonchev–Trinajstić information content (AvgIpc) is 3.04. The summed E-state index contributed by atoms with van der Waals surface area (Å²) in [7, 11) is -2.05. The number of aliphatic imine (C=N–C) groups is 1. The minimum atomic E-state index is -2.05. The van der Waals surface area contributed by atoms with Crippen molar-refractivity contribution < 1.29 is 9.32 Å². The zero-order chi connectivity index (χ0) is 21.5. The molecule has 2 aromatic carbocycles. The van der Waals surface area contributed by atoms with E-state index in [0.29, 0.717) is 19.0 Å². The molecule has 6 nitrogen and oxygen atoms in total. The summed E-state index contributed by atoms with van der Waals surface area (Å²) < 4.78 is 6.23. The molecule has 0 bridgehead atoms. The van der Waals surface area contributed by atoms with Gasteiger partial charge in [0.1, 0.15) is 12.3 Å². The third-order valence-electron chi connectivity index (χ3n) is 6.04. The molecule has 0 aliphatic carbocycles. The van der Waals surface area contributed by atoms with Crippen LogP contribution in [0, 0.1) is 0 Å². The molecule has 1 amide bonds. The highest BCUT2D eigenvalue weighted by molar-refractivity contribution is 6.74. The standard InChI is InChI=1S/C23H28N4O2Si/c1-23(2,3)30(4,5)29-26-21(16-9-7-6-8-10-16)17-11-12-19-18(13-17)14-27-15-20(28)25-22(27)24-19/h6-13H,14-15H2,1-5H3,(H,24,25,28)/b26-21+. The topological polar surface area (TPSA) is 66.3 Å². The molecular formula is C23H28N4O2Si. The number of rotatable bonds is 4. The maximum absolute atomic E-state index is 11.7. The number of hydrogen-bond donors (Lipinski definition) is 1. The van der Waals surface area contributed by atoms with Crippen molar-refractivity contribution in [2.45, 2.75) is 45.4 Å². The van der Waals surface area contributed by atoms with Crippen LogP contribution < -0.4 is 5.32 Å². The van der Waals surface area contributed by atoms with E-state index in [4.69, 9.17) is 9.68 Å². The van der Waals surface area contributed by atoms with Gasteiger partial charge in [-0.2, -0.15) is 0 Å². The predicted molar refractivity (Wildman–Crippen MR) is 122 cm³/mol. The number of benzene rings is 2. The molecule has 156 valence electrons. The monoisotopic (exact) mass is 420 g/mol. The summed E-state index contributed by atoms with van der Waals surface area (Å²) in [6.07, 6.45) is 0. The van der Waals surface area contributed by atoms with Gasteiger partial charge in [-0.25, -0.2) is 4.99 Å². The first-order valence-electron chi connectivity index (χ1n) is 10.2. The summed E-state index contributed by atoms with van der Waals surface area (Å²) in [6.45, 7) is 12.0. The van der Waals surface area contributed by atoms with E-state index in [1.54, 1.807) is 0 Å². The van der Waals surface area contributed by atoms with Crippen LogP contribution in [-0.4, -0.2) is 37.3 Å². The molecule has 1 saturated heterocycles. The molecule has 0 saturated carbocycles. The van der Waals surface area contributed by atoms with Crippen molar-refractivity contribution in [1.82, 2.24) is 10.2 Å². The molecule has 0 atom stereocenters. The van der Waals surface area contributed by atoms with Crippen LogP contribution in [0.2, 0.25) is 18.1 Å². The Hall–Kier alpha value is -2.93. The molecule has 4 rings (SSSR count). The molecule has 1 fully saturated rings. The summed E-state index contributed by atoms with van der Waals surface area (Å²) in [6, 6.07) is 16.2. The number of amides is 1. The molecule has 2 aliphatic heterocycles. The van der Waals surface area contributed by atoms with Gasteiger partial charge in [-0.05, 0) is 35.8 Å². The second-order valence-corrected chi connectivity index (χ2v) is 14.0. The molecule has 0 unspecified atom stereocenters. The van der Waals surface area contributed by atoms with E-state index >= 15 is 0 Å². The van der Waals surface area contributed by atoms with Crippen LogP contribution in [0.5, 0.6) is 0 Å². The van der Waals surface area contributed by atoms with Crippen molar-refractivity contribution in [2.24, 2.45) is 10.1 Å². The first-order valence-corrected chi connectivity index (χ1v) is 13.1. The third-order valence-corrected chi connectivity index (χ3v) is 10.2. The lowest BCUT2D eigenvalue weighted by atomic mass is 9.99. The zero-order valence-electron chi connectivity index (χ0n) is 18.2. The van der Waals surface area contributed by atoms with Crippen LogP contribution in [0.4, 0.5) is 5.69 Å². The number of oxime groups is 1.